The van der Waals surface area contributed by atoms with E-state index in [1.165, 1.54) is 22.5 Å². The zero-order valence-electron chi connectivity index (χ0n) is 18.8. The zero-order valence-corrected chi connectivity index (χ0v) is 20.4. The van der Waals surface area contributed by atoms with Crippen molar-refractivity contribution in [2.45, 2.75) is 18.9 Å². The Labute approximate surface area is 204 Å². The molecule has 0 saturated heterocycles. The molecule has 0 bridgehead atoms. The number of methoxy groups -OCH3 is 2. The van der Waals surface area contributed by atoms with Crippen LogP contribution in [0.1, 0.15) is 34.0 Å². The van der Waals surface area contributed by atoms with Crippen molar-refractivity contribution in [1.29, 1.82) is 0 Å². The van der Waals surface area contributed by atoms with Crippen molar-refractivity contribution in [3.05, 3.63) is 107 Å². The van der Waals surface area contributed by atoms with Crippen LogP contribution < -0.4 is 24.4 Å². The van der Waals surface area contributed by atoms with Crippen LogP contribution in [-0.2, 0) is 6.42 Å². The molecule has 0 unspecified atom stereocenters. The fourth-order valence-electron chi connectivity index (χ4n) is 4.85. The van der Waals surface area contributed by atoms with E-state index in [1.54, 1.807) is 25.6 Å². The third-order valence-electron chi connectivity index (χ3n) is 6.41. The summed E-state index contributed by atoms with van der Waals surface area (Å²) in [5.74, 6) is 1.32. The number of rotatable bonds is 4. The van der Waals surface area contributed by atoms with E-state index in [4.69, 9.17) is 14.5 Å². The number of hydrogen-bond donors (Lipinski definition) is 0. The number of nitrogens with zero attached hydrogens (tertiary/aromatic N) is 2. The zero-order chi connectivity index (χ0) is 23.2. The van der Waals surface area contributed by atoms with Crippen LogP contribution in [0.25, 0.3) is 11.8 Å². The molecule has 1 atom stereocenters. The molecule has 0 saturated carbocycles. The molecule has 1 aliphatic heterocycles. The second-order valence-electron chi connectivity index (χ2n) is 8.24. The maximum atomic E-state index is 13.7. The molecule has 0 amide bonds. The summed E-state index contributed by atoms with van der Waals surface area (Å²) in [6.07, 6.45) is 3.74. The van der Waals surface area contributed by atoms with Crippen LogP contribution in [0, 0.1) is 0 Å². The standard InChI is InChI=1S/C27H22N2O3S2/c1-31-21-12-10-17(14-22(21)32-2)25-20-11-9-16-6-3-4-8-19(16)24(20)28-27-29(25)26(30)23(34-27)15-18-7-5-13-33-18/h3-8,10,12-15,25H,9,11H2,1-2H3/b23-15-/t25-/m0/s1. The number of benzene rings is 2. The summed E-state index contributed by atoms with van der Waals surface area (Å²) < 4.78 is 13.6. The van der Waals surface area contributed by atoms with Crippen LogP contribution in [0.4, 0.5) is 0 Å². The van der Waals surface area contributed by atoms with E-state index in [0.717, 1.165) is 39.3 Å². The second kappa shape index (κ2) is 8.42. The summed E-state index contributed by atoms with van der Waals surface area (Å²) in [5.41, 5.74) is 5.59. The summed E-state index contributed by atoms with van der Waals surface area (Å²) in [6.45, 7) is 0. The van der Waals surface area contributed by atoms with Crippen molar-refractivity contribution < 1.29 is 9.47 Å². The number of thiophene rings is 1. The van der Waals surface area contributed by atoms with E-state index in [2.05, 4.69) is 24.3 Å². The lowest BCUT2D eigenvalue weighted by Gasteiger charge is -2.31. The Kier molecular flexibility index (Phi) is 5.23. The number of fused-ring (bicyclic) bond motifs is 3. The van der Waals surface area contributed by atoms with Gasteiger partial charge in [-0.15, -0.1) is 11.3 Å². The van der Waals surface area contributed by atoms with E-state index in [-0.39, 0.29) is 11.6 Å². The lowest BCUT2D eigenvalue weighted by Crippen LogP contribution is -2.38. The van der Waals surface area contributed by atoms with Crippen molar-refractivity contribution in [1.82, 2.24) is 4.57 Å². The van der Waals surface area contributed by atoms with Crippen molar-refractivity contribution in [3.63, 3.8) is 0 Å². The number of ether oxygens (including phenoxy) is 2. The van der Waals surface area contributed by atoms with Gasteiger partial charge >= 0.3 is 0 Å². The van der Waals surface area contributed by atoms with Crippen LogP contribution in [0.3, 0.4) is 0 Å². The van der Waals surface area contributed by atoms with Crippen LogP contribution in [0.2, 0.25) is 0 Å². The Bertz CT molecular complexity index is 1610. The molecule has 0 fully saturated rings. The predicted molar refractivity (Wildman–Crippen MR) is 137 cm³/mol. The van der Waals surface area contributed by atoms with E-state index in [0.29, 0.717) is 16.0 Å². The van der Waals surface area contributed by atoms with Gasteiger partial charge in [0.15, 0.2) is 16.3 Å². The third kappa shape index (κ3) is 3.35. The average molecular weight is 487 g/mol. The van der Waals surface area contributed by atoms with Gasteiger partial charge < -0.3 is 9.47 Å². The molecule has 4 aromatic rings. The Morgan fingerprint density at radius 3 is 2.68 bits per heavy atom. The number of thiazole rings is 1. The summed E-state index contributed by atoms with van der Waals surface area (Å²) in [5, 5.41) is 2.02. The molecular formula is C27H22N2O3S2. The SMILES string of the molecule is COc1ccc([C@H]2C3=C(N=c4s/c(=C\c5cccs5)c(=O)n42)c2ccccc2CC3)cc1OC. The van der Waals surface area contributed by atoms with Gasteiger partial charge in [-0.05, 0) is 59.2 Å². The highest BCUT2D eigenvalue weighted by atomic mass is 32.1. The molecule has 2 aromatic heterocycles. The first kappa shape index (κ1) is 21.1. The highest BCUT2D eigenvalue weighted by molar-refractivity contribution is 7.11. The van der Waals surface area contributed by atoms with Gasteiger partial charge in [-0.2, -0.15) is 0 Å². The summed E-state index contributed by atoms with van der Waals surface area (Å²) in [7, 11) is 3.26. The molecule has 2 aromatic carbocycles. The van der Waals surface area contributed by atoms with Gasteiger partial charge in [0.25, 0.3) is 5.56 Å². The van der Waals surface area contributed by atoms with Crippen molar-refractivity contribution >= 4 is 34.4 Å². The fourth-order valence-corrected chi connectivity index (χ4v) is 6.57. The summed E-state index contributed by atoms with van der Waals surface area (Å²) in [4.78, 5) is 20.6. The summed E-state index contributed by atoms with van der Waals surface area (Å²) in [6, 6.07) is 18.1. The molecule has 1 aliphatic carbocycles. The second-order valence-corrected chi connectivity index (χ2v) is 10.2. The minimum absolute atomic E-state index is 0.0117. The van der Waals surface area contributed by atoms with E-state index in [9.17, 15) is 4.79 Å². The topological polar surface area (TPSA) is 52.8 Å². The van der Waals surface area contributed by atoms with Crippen LogP contribution in [0.15, 0.2) is 75.3 Å². The first-order chi connectivity index (χ1) is 16.7. The third-order valence-corrected chi connectivity index (χ3v) is 8.22. The molecule has 0 spiro atoms. The Morgan fingerprint density at radius 1 is 1.03 bits per heavy atom. The quantitative estimate of drug-likeness (QED) is 0.430. The Balaban J connectivity index is 1.64. The minimum atomic E-state index is -0.245. The number of aryl methyl sites for hydroxylation is 1. The van der Waals surface area contributed by atoms with Gasteiger partial charge in [0, 0.05) is 10.4 Å². The molecule has 0 radical (unpaired) electrons. The number of aromatic nitrogens is 1. The van der Waals surface area contributed by atoms with Crippen LogP contribution >= 0.6 is 22.7 Å². The van der Waals surface area contributed by atoms with E-state index < -0.39 is 0 Å². The molecule has 6 rings (SSSR count). The minimum Gasteiger partial charge on any atom is -0.493 e. The Hall–Kier alpha value is -3.42. The molecule has 5 nitrogen and oxygen atoms in total. The fraction of sp³-hybridized carbons (Fsp3) is 0.185. The van der Waals surface area contributed by atoms with Crippen LogP contribution in [0.5, 0.6) is 11.5 Å². The van der Waals surface area contributed by atoms with Crippen LogP contribution in [-0.4, -0.2) is 18.8 Å². The number of allylic oxidation sites excluding steroid dienone is 1. The lowest BCUT2D eigenvalue weighted by molar-refractivity contribution is 0.354. The van der Waals surface area contributed by atoms with Gasteiger partial charge in [-0.1, -0.05) is 47.7 Å². The van der Waals surface area contributed by atoms with E-state index >= 15 is 0 Å². The highest BCUT2D eigenvalue weighted by Crippen LogP contribution is 2.42. The predicted octanol–water partition coefficient (Wildman–Crippen LogP) is 4.40. The van der Waals surface area contributed by atoms with Gasteiger partial charge in [-0.25, -0.2) is 4.99 Å². The van der Waals surface area contributed by atoms with E-state index in [1.807, 2.05) is 46.4 Å². The average Bonchev–Trinajstić information content (AvgIpc) is 3.50. The van der Waals surface area contributed by atoms with Crippen molar-refractivity contribution in [2.75, 3.05) is 14.2 Å². The molecule has 0 N–H and O–H groups in total. The van der Waals surface area contributed by atoms with Crippen molar-refractivity contribution in [2.24, 2.45) is 4.99 Å². The van der Waals surface area contributed by atoms with Crippen molar-refractivity contribution in [3.8, 4) is 11.5 Å². The Morgan fingerprint density at radius 2 is 1.88 bits per heavy atom. The number of hydrogen-bond acceptors (Lipinski definition) is 6. The highest BCUT2D eigenvalue weighted by Gasteiger charge is 2.33. The molecule has 34 heavy (non-hydrogen) atoms. The largest absolute Gasteiger partial charge is 0.493 e. The maximum absolute atomic E-state index is 13.7. The van der Waals surface area contributed by atoms with Gasteiger partial charge in [0.1, 0.15) is 0 Å². The first-order valence-corrected chi connectivity index (χ1v) is 12.8. The molecule has 170 valence electrons. The molecular weight excluding hydrogens is 464 g/mol. The smallest absolute Gasteiger partial charge is 0.271 e. The maximum Gasteiger partial charge on any atom is 0.271 e. The monoisotopic (exact) mass is 486 g/mol. The molecule has 2 aliphatic rings. The summed E-state index contributed by atoms with van der Waals surface area (Å²) >= 11 is 3.07. The molecule has 7 heteroatoms. The van der Waals surface area contributed by atoms with Gasteiger partial charge in [-0.3, -0.25) is 9.36 Å². The first-order valence-electron chi connectivity index (χ1n) is 11.1. The van der Waals surface area contributed by atoms with Gasteiger partial charge in [0.05, 0.1) is 30.5 Å². The normalized spacial score (nSPS) is 17.0. The van der Waals surface area contributed by atoms with Gasteiger partial charge in [0.2, 0.25) is 0 Å². The lowest BCUT2D eigenvalue weighted by atomic mass is 9.83. The molecule has 3 heterocycles.